The molecule has 9 heteroatoms. The number of allylic oxidation sites excluding steroid dienone is 2. The minimum absolute atomic E-state index is 0.0425. The number of nitrogens with one attached hydrogen (secondary N) is 1. The maximum absolute atomic E-state index is 13.9. The molecule has 1 heterocycles. The van der Waals surface area contributed by atoms with Gasteiger partial charge in [-0.25, -0.2) is 0 Å². The van der Waals surface area contributed by atoms with Crippen LogP contribution in [-0.2, 0) is 4.79 Å². The molecule has 5 rings (SSSR count). The Labute approximate surface area is 250 Å². The van der Waals surface area contributed by atoms with Crippen LogP contribution in [0.15, 0.2) is 71.4 Å². The van der Waals surface area contributed by atoms with Crippen molar-refractivity contribution in [2.75, 3.05) is 33.3 Å². The van der Waals surface area contributed by atoms with Crippen molar-refractivity contribution in [1.29, 1.82) is 5.41 Å². The summed E-state index contributed by atoms with van der Waals surface area (Å²) in [5.74, 6) is 0.913. The van der Waals surface area contributed by atoms with Gasteiger partial charge in [-0.3, -0.25) is 15.1 Å². The number of halogens is 1. The zero-order valence-electron chi connectivity index (χ0n) is 24.2. The van der Waals surface area contributed by atoms with Gasteiger partial charge >= 0.3 is 0 Å². The smallest absolute Gasteiger partial charge is 0.203 e. The number of Topliss-reactive ketones (excluding diaryl/α,β-unsaturated/α-hetero) is 1. The van der Waals surface area contributed by atoms with Gasteiger partial charge in [0, 0.05) is 39.8 Å². The van der Waals surface area contributed by atoms with Gasteiger partial charge < -0.3 is 24.1 Å². The highest BCUT2D eigenvalue weighted by atomic mass is 35.5. The van der Waals surface area contributed by atoms with Gasteiger partial charge in [0.1, 0.15) is 17.3 Å². The lowest BCUT2D eigenvalue weighted by atomic mass is 9.73. The summed E-state index contributed by atoms with van der Waals surface area (Å²) in [6.07, 6.45) is 1.57. The first-order chi connectivity index (χ1) is 20.2. The molecule has 0 saturated carbocycles. The molecule has 0 bridgehead atoms. The summed E-state index contributed by atoms with van der Waals surface area (Å²) < 4.78 is 22.2. The molecular weight excluding hydrogens is 556 g/mol. The molecule has 1 aliphatic carbocycles. The SMILES string of the molecule is COc1ccc(/C(O)=C2\C(=N)N(c3cccc(Cl)c3C)C3=C(C(=O)CCC3)C2c2cc(OC)c(OC)c(OC)c2)cc1. The van der Waals surface area contributed by atoms with E-state index >= 15 is 0 Å². The fourth-order valence-electron chi connectivity index (χ4n) is 5.80. The Morgan fingerprint density at radius 2 is 1.62 bits per heavy atom. The lowest BCUT2D eigenvalue weighted by molar-refractivity contribution is -0.116. The van der Waals surface area contributed by atoms with Gasteiger partial charge in [-0.05, 0) is 79.4 Å². The number of hydrogen-bond donors (Lipinski definition) is 2. The number of anilines is 1. The van der Waals surface area contributed by atoms with Crippen molar-refractivity contribution in [2.24, 2.45) is 0 Å². The molecule has 0 amide bonds. The first-order valence-electron chi connectivity index (χ1n) is 13.5. The highest BCUT2D eigenvalue weighted by molar-refractivity contribution is 6.32. The van der Waals surface area contributed by atoms with Crippen LogP contribution in [0.2, 0.25) is 5.02 Å². The van der Waals surface area contributed by atoms with Gasteiger partial charge in [-0.15, -0.1) is 0 Å². The Bertz CT molecular complexity index is 1600. The Hall–Kier alpha value is -4.43. The third kappa shape index (κ3) is 4.86. The molecule has 42 heavy (non-hydrogen) atoms. The van der Waals surface area contributed by atoms with Gasteiger partial charge in [0.25, 0.3) is 0 Å². The fourth-order valence-corrected chi connectivity index (χ4v) is 5.97. The number of ketones is 1. The van der Waals surface area contributed by atoms with Crippen molar-refractivity contribution in [3.05, 3.63) is 93.2 Å². The Balaban J connectivity index is 1.87. The van der Waals surface area contributed by atoms with Gasteiger partial charge in [-0.1, -0.05) is 17.7 Å². The molecule has 1 atom stereocenters. The number of aliphatic hydroxyl groups is 1. The first-order valence-corrected chi connectivity index (χ1v) is 13.9. The van der Waals surface area contributed by atoms with Crippen LogP contribution in [0.4, 0.5) is 5.69 Å². The summed E-state index contributed by atoms with van der Waals surface area (Å²) in [4.78, 5) is 15.6. The van der Waals surface area contributed by atoms with Crippen LogP contribution in [0.25, 0.3) is 5.76 Å². The number of amidine groups is 1. The van der Waals surface area contributed by atoms with E-state index in [0.29, 0.717) is 75.4 Å². The van der Waals surface area contributed by atoms with Gasteiger partial charge in [-0.2, -0.15) is 0 Å². The molecule has 3 aromatic rings. The highest BCUT2D eigenvalue weighted by Crippen LogP contribution is 2.51. The van der Waals surface area contributed by atoms with Crippen LogP contribution in [0.1, 0.15) is 41.9 Å². The summed E-state index contributed by atoms with van der Waals surface area (Å²) in [6, 6.07) is 16.0. The summed E-state index contributed by atoms with van der Waals surface area (Å²) in [7, 11) is 6.14. The lowest BCUT2D eigenvalue weighted by Crippen LogP contribution is -2.42. The largest absolute Gasteiger partial charge is 0.507 e. The standard InChI is InChI=1S/C33H33ClN2O6/c1-18-22(34)8-6-9-23(18)36-24-10-7-11-25(37)29(24)28(20-16-26(40-3)32(42-5)27(17-20)41-4)30(33(36)35)31(38)19-12-14-21(39-2)15-13-19/h6,8-9,12-17,28,35,38H,7,10-11H2,1-5H3/b31-30+,35-33?. The predicted molar refractivity (Wildman–Crippen MR) is 164 cm³/mol. The van der Waals surface area contributed by atoms with E-state index < -0.39 is 5.92 Å². The second-order valence-corrected chi connectivity index (χ2v) is 10.5. The van der Waals surface area contributed by atoms with E-state index in [9.17, 15) is 15.3 Å². The molecule has 1 unspecified atom stereocenters. The molecule has 8 nitrogen and oxygen atoms in total. The maximum atomic E-state index is 13.9. The van der Waals surface area contributed by atoms with Crippen molar-refractivity contribution in [2.45, 2.75) is 32.1 Å². The van der Waals surface area contributed by atoms with E-state index in [1.54, 1.807) is 54.5 Å². The number of nitrogens with zero attached hydrogens (tertiary/aromatic N) is 1. The molecule has 1 aliphatic heterocycles. The molecule has 0 spiro atoms. The van der Waals surface area contributed by atoms with Crippen molar-refractivity contribution in [3.8, 4) is 23.0 Å². The molecule has 0 aromatic heterocycles. The number of rotatable bonds is 7. The second kappa shape index (κ2) is 11.8. The molecule has 3 aromatic carbocycles. The van der Waals surface area contributed by atoms with Crippen molar-refractivity contribution in [1.82, 2.24) is 0 Å². The van der Waals surface area contributed by atoms with Crippen molar-refractivity contribution >= 4 is 34.7 Å². The van der Waals surface area contributed by atoms with E-state index in [2.05, 4.69) is 0 Å². The van der Waals surface area contributed by atoms with Gasteiger partial charge in [0.05, 0.1) is 34.1 Å². The van der Waals surface area contributed by atoms with E-state index in [1.165, 1.54) is 21.3 Å². The number of benzene rings is 3. The highest BCUT2D eigenvalue weighted by Gasteiger charge is 2.44. The fraction of sp³-hybridized carbons (Fsp3) is 0.273. The predicted octanol–water partition coefficient (Wildman–Crippen LogP) is 7.24. The zero-order chi connectivity index (χ0) is 30.1. The van der Waals surface area contributed by atoms with Crippen LogP contribution >= 0.6 is 11.6 Å². The lowest BCUT2D eigenvalue weighted by Gasteiger charge is -2.42. The van der Waals surface area contributed by atoms with E-state index in [1.807, 2.05) is 19.1 Å². The Kier molecular flexibility index (Phi) is 8.18. The van der Waals surface area contributed by atoms with Crippen LogP contribution in [0.3, 0.4) is 0 Å². The molecular formula is C33H33ClN2O6. The quantitative estimate of drug-likeness (QED) is 0.280. The molecule has 0 fully saturated rings. The minimum Gasteiger partial charge on any atom is -0.507 e. The number of ether oxygens (including phenoxy) is 4. The van der Waals surface area contributed by atoms with Crippen LogP contribution in [-0.4, -0.2) is 45.2 Å². The third-order valence-corrected chi connectivity index (χ3v) is 8.28. The summed E-state index contributed by atoms with van der Waals surface area (Å²) in [6.45, 7) is 1.88. The van der Waals surface area contributed by atoms with Crippen LogP contribution < -0.4 is 23.8 Å². The van der Waals surface area contributed by atoms with Crippen molar-refractivity contribution in [3.63, 3.8) is 0 Å². The van der Waals surface area contributed by atoms with E-state index in [0.717, 1.165) is 5.56 Å². The molecule has 218 valence electrons. The topological polar surface area (TPSA) is 101 Å². The molecule has 0 saturated heterocycles. The first kappa shape index (κ1) is 29.1. The number of hydrogen-bond acceptors (Lipinski definition) is 7. The average molecular weight is 589 g/mol. The second-order valence-electron chi connectivity index (χ2n) is 10.1. The minimum atomic E-state index is -0.785. The molecule has 0 radical (unpaired) electrons. The summed E-state index contributed by atoms with van der Waals surface area (Å²) in [5, 5.41) is 22.1. The summed E-state index contributed by atoms with van der Waals surface area (Å²) >= 11 is 6.53. The Morgan fingerprint density at radius 1 is 0.952 bits per heavy atom. The normalized spacial score (nSPS) is 18.0. The number of carbonyl (C=O) groups excluding carboxylic acids is 1. The van der Waals surface area contributed by atoms with Gasteiger partial charge in [0.15, 0.2) is 17.3 Å². The summed E-state index contributed by atoms with van der Waals surface area (Å²) in [5.41, 5.74) is 4.04. The van der Waals surface area contributed by atoms with E-state index in [4.69, 9.17) is 30.5 Å². The van der Waals surface area contributed by atoms with Crippen LogP contribution in [0.5, 0.6) is 23.0 Å². The third-order valence-electron chi connectivity index (χ3n) is 7.87. The molecule has 2 aliphatic rings. The number of aliphatic hydroxyl groups excluding tert-OH is 1. The van der Waals surface area contributed by atoms with E-state index in [-0.39, 0.29) is 23.0 Å². The van der Waals surface area contributed by atoms with Crippen LogP contribution in [0, 0.1) is 12.3 Å². The maximum Gasteiger partial charge on any atom is 0.203 e. The molecule has 2 N–H and O–H groups in total. The van der Waals surface area contributed by atoms with Crippen molar-refractivity contribution < 1.29 is 28.8 Å². The number of carbonyl (C=O) groups is 1. The Morgan fingerprint density at radius 3 is 2.21 bits per heavy atom. The zero-order valence-corrected chi connectivity index (χ0v) is 25.0. The average Bonchev–Trinajstić information content (AvgIpc) is 3.01. The monoisotopic (exact) mass is 588 g/mol. The number of methoxy groups -OCH3 is 4. The van der Waals surface area contributed by atoms with Gasteiger partial charge in [0.2, 0.25) is 5.75 Å².